The summed E-state index contributed by atoms with van der Waals surface area (Å²) < 4.78 is 0.707. The number of thiophene rings is 1. The number of nitrogens with one attached hydrogen (secondary N) is 2. The van der Waals surface area contributed by atoms with Gasteiger partial charge in [0.05, 0.1) is 10.4 Å². The van der Waals surface area contributed by atoms with E-state index in [1.165, 1.54) is 11.3 Å². The lowest BCUT2D eigenvalue weighted by Gasteiger charge is -2.13. The Balaban J connectivity index is 1.94. The van der Waals surface area contributed by atoms with Gasteiger partial charge in [-0.3, -0.25) is 0 Å². The number of anilines is 1. The topological polar surface area (TPSA) is 41.1 Å². The molecular weight excluding hydrogens is 303 g/mol. The van der Waals surface area contributed by atoms with Gasteiger partial charge in [0.25, 0.3) is 0 Å². The van der Waals surface area contributed by atoms with Gasteiger partial charge in [0.1, 0.15) is 0 Å². The van der Waals surface area contributed by atoms with Crippen LogP contribution in [-0.2, 0) is 0 Å². The van der Waals surface area contributed by atoms with Gasteiger partial charge in [-0.25, -0.2) is 4.79 Å². The van der Waals surface area contributed by atoms with Gasteiger partial charge in [0.15, 0.2) is 0 Å². The van der Waals surface area contributed by atoms with Crippen LogP contribution >= 0.6 is 34.5 Å². The molecule has 0 unspecified atom stereocenters. The first-order chi connectivity index (χ1) is 9.04. The molecule has 0 bridgehead atoms. The van der Waals surface area contributed by atoms with Gasteiger partial charge in [-0.05, 0) is 37.3 Å². The van der Waals surface area contributed by atoms with Crippen molar-refractivity contribution < 1.29 is 4.79 Å². The van der Waals surface area contributed by atoms with E-state index < -0.39 is 0 Å². The number of rotatable bonds is 3. The van der Waals surface area contributed by atoms with Crippen LogP contribution in [-0.4, -0.2) is 6.03 Å². The fraction of sp³-hybridized carbons (Fsp3) is 0.154. The van der Waals surface area contributed by atoms with Gasteiger partial charge < -0.3 is 10.6 Å². The summed E-state index contributed by atoms with van der Waals surface area (Å²) in [6.45, 7) is 1.90. The Bertz CT molecular complexity index is 586. The van der Waals surface area contributed by atoms with Crippen molar-refractivity contribution in [3.63, 3.8) is 0 Å². The molecule has 1 heterocycles. The molecule has 100 valence electrons. The Morgan fingerprint density at radius 1 is 1.26 bits per heavy atom. The summed E-state index contributed by atoms with van der Waals surface area (Å²) in [7, 11) is 0. The standard InChI is InChI=1S/C13H12Cl2N2OS/c1-8(11-5-6-12(15)19-11)16-13(18)17-10-4-2-3-9(14)7-10/h2-8H,1H3,(H2,16,17,18)/t8-/m1/s1. The second kappa shape index (κ2) is 6.28. The molecule has 1 aromatic heterocycles. The monoisotopic (exact) mass is 314 g/mol. The fourth-order valence-electron chi connectivity index (χ4n) is 1.56. The van der Waals surface area contributed by atoms with Gasteiger partial charge in [-0.1, -0.05) is 29.3 Å². The number of carbonyl (C=O) groups excluding carboxylic acids is 1. The van der Waals surface area contributed by atoms with Crippen LogP contribution in [0.5, 0.6) is 0 Å². The molecule has 0 fully saturated rings. The molecule has 1 aromatic carbocycles. The van der Waals surface area contributed by atoms with Gasteiger partial charge >= 0.3 is 6.03 Å². The highest BCUT2D eigenvalue weighted by Gasteiger charge is 2.11. The van der Waals surface area contributed by atoms with Crippen LogP contribution in [0.25, 0.3) is 0 Å². The molecule has 0 aliphatic rings. The van der Waals surface area contributed by atoms with Crippen molar-refractivity contribution in [2.45, 2.75) is 13.0 Å². The van der Waals surface area contributed by atoms with E-state index in [-0.39, 0.29) is 12.1 Å². The van der Waals surface area contributed by atoms with Crippen molar-refractivity contribution in [1.29, 1.82) is 0 Å². The third kappa shape index (κ3) is 4.13. The van der Waals surface area contributed by atoms with Crippen molar-refractivity contribution in [3.8, 4) is 0 Å². The summed E-state index contributed by atoms with van der Waals surface area (Å²) in [6.07, 6.45) is 0. The second-order valence-corrected chi connectivity index (χ2v) is 6.16. The summed E-state index contributed by atoms with van der Waals surface area (Å²) in [6, 6.07) is 10.3. The van der Waals surface area contributed by atoms with Crippen LogP contribution in [0.3, 0.4) is 0 Å². The number of carbonyl (C=O) groups is 1. The first-order valence-electron chi connectivity index (χ1n) is 5.63. The summed E-state index contributed by atoms with van der Waals surface area (Å²) >= 11 is 13.2. The number of hydrogen-bond donors (Lipinski definition) is 2. The zero-order valence-electron chi connectivity index (χ0n) is 10.1. The Hall–Kier alpha value is -1.23. The lowest BCUT2D eigenvalue weighted by atomic mass is 10.3. The maximum absolute atomic E-state index is 11.8. The number of halogens is 2. The zero-order valence-corrected chi connectivity index (χ0v) is 12.4. The predicted octanol–water partition coefficient (Wildman–Crippen LogP) is 4.94. The highest BCUT2D eigenvalue weighted by Crippen LogP contribution is 2.26. The molecule has 0 aliphatic carbocycles. The Labute approximate surface area is 125 Å². The highest BCUT2D eigenvalue weighted by molar-refractivity contribution is 7.16. The molecule has 6 heteroatoms. The maximum Gasteiger partial charge on any atom is 0.319 e. The summed E-state index contributed by atoms with van der Waals surface area (Å²) in [5.41, 5.74) is 0.654. The van der Waals surface area contributed by atoms with Crippen molar-refractivity contribution in [2.75, 3.05) is 5.32 Å². The van der Waals surface area contributed by atoms with E-state index in [9.17, 15) is 4.79 Å². The average Bonchev–Trinajstić information content (AvgIpc) is 2.75. The quantitative estimate of drug-likeness (QED) is 0.828. The van der Waals surface area contributed by atoms with Gasteiger partial charge in [-0.15, -0.1) is 11.3 Å². The molecular formula is C13H12Cl2N2OS. The summed E-state index contributed by atoms with van der Waals surface area (Å²) in [4.78, 5) is 12.8. The molecule has 2 amide bonds. The molecule has 0 spiro atoms. The zero-order chi connectivity index (χ0) is 13.8. The van der Waals surface area contributed by atoms with Crippen molar-refractivity contribution in [2.24, 2.45) is 0 Å². The highest BCUT2D eigenvalue weighted by atomic mass is 35.5. The molecule has 2 N–H and O–H groups in total. The molecule has 0 saturated carbocycles. The normalized spacial score (nSPS) is 11.9. The molecule has 1 atom stereocenters. The molecule has 0 radical (unpaired) electrons. The van der Waals surface area contributed by atoms with E-state index in [2.05, 4.69) is 10.6 Å². The van der Waals surface area contributed by atoms with Crippen LogP contribution in [0.1, 0.15) is 17.8 Å². The number of urea groups is 1. The fourth-order valence-corrected chi connectivity index (χ4v) is 2.82. The minimum atomic E-state index is -0.278. The largest absolute Gasteiger partial charge is 0.331 e. The van der Waals surface area contributed by atoms with E-state index in [1.54, 1.807) is 24.3 Å². The van der Waals surface area contributed by atoms with E-state index >= 15 is 0 Å². The van der Waals surface area contributed by atoms with Crippen molar-refractivity contribution in [3.05, 3.63) is 50.6 Å². The number of amides is 2. The molecule has 3 nitrogen and oxygen atoms in total. The number of hydrogen-bond acceptors (Lipinski definition) is 2. The summed E-state index contributed by atoms with van der Waals surface area (Å²) in [5.74, 6) is 0. The molecule has 2 aromatic rings. The third-order valence-electron chi connectivity index (χ3n) is 2.45. The Kier molecular flexibility index (Phi) is 4.69. The second-order valence-electron chi connectivity index (χ2n) is 3.97. The Morgan fingerprint density at radius 2 is 2.05 bits per heavy atom. The molecule has 2 rings (SSSR count). The maximum atomic E-state index is 11.8. The SMILES string of the molecule is C[C@@H](NC(=O)Nc1cccc(Cl)c1)c1ccc(Cl)s1. The average molecular weight is 315 g/mol. The molecule has 0 saturated heterocycles. The van der Waals surface area contributed by atoms with Crippen LogP contribution in [0, 0.1) is 0 Å². The lowest BCUT2D eigenvalue weighted by Crippen LogP contribution is -2.30. The van der Waals surface area contributed by atoms with E-state index in [4.69, 9.17) is 23.2 Å². The first-order valence-corrected chi connectivity index (χ1v) is 7.20. The summed E-state index contributed by atoms with van der Waals surface area (Å²) in [5, 5.41) is 6.14. The molecule has 0 aliphatic heterocycles. The van der Waals surface area contributed by atoms with E-state index in [1.807, 2.05) is 19.1 Å². The molecule has 19 heavy (non-hydrogen) atoms. The van der Waals surface area contributed by atoms with Crippen molar-refractivity contribution >= 4 is 46.3 Å². The predicted molar refractivity (Wildman–Crippen MR) is 81.4 cm³/mol. The van der Waals surface area contributed by atoms with Gasteiger partial charge in [-0.2, -0.15) is 0 Å². The third-order valence-corrected chi connectivity index (χ3v) is 4.10. The van der Waals surface area contributed by atoms with Crippen LogP contribution in [0.2, 0.25) is 9.36 Å². The van der Waals surface area contributed by atoms with Crippen LogP contribution in [0.15, 0.2) is 36.4 Å². The smallest absolute Gasteiger partial charge is 0.319 e. The minimum absolute atomic E-state index is 0.100. The van der Waals surface area contributed by atoms with Gasteiger partial charge in [0.2, 0.25) is 0 Å². The number of benzene rings is 1. The Morgan fingerprint density at radius 3 is 2.68 bits per heavy atom. The van der Waals surface area contributed by atoms with E-state index in [0.29, 0.717) is 15.0 Å². The van der Waals surface area contributed by atoms with Crippen LogP contribution < -0.4 is 10.6 Å². The van der Waals surface area contributed by atoms with Crippen molar-refractivity contribution in [1.82, 2.24) is 5.32 Å². The minimum Gasteiger partial charge on any atom is -0.331 e. The lowest BCUT2D eigenvalue weighted by molar-refractivity contribution is 0.249. The van der Waals surface area contributed by atoms with E-state index in [0.717, 1.165) is 4.88 Å². The van der Waals surface area contributed by atoms with Crippen LogP contribution in [0.4, 0.5) is 10.5 Å². The van der Waals surface area contributed by atoms with Gasteiger partial charge in [0, 0.05) is 15.6 Å². The first kappa shape index (κ1) is 14.2.